The van der Waals surface area contributed by atoms with Gasteiger partial charge in [-0.05, 0) is 50.8 Å². The van der Waals surface area contributed by atoms with E-state index in [0.29, 0.717) is 0 Å². The maximum Gasteiger partial charge on any atom is 0.329 e. The van der Waals surface area contributed by atoms with Crippen molar-refractivity contribution in [1.29, 1.82) is 0 Å². The van der Waals surface area contributed by atoms with Crippen LogP contribution in [0.4, 0.5) is 0 Å². The molecule has 3 heterocycles. The summed E-state index contributed by atoms with van der Waals surface area (Å²) in [7, 11) is 0. The zero-order valence-corrected chi connectivity index (χ0v) is 44.6. The van der Waals surface area contributed by atoms with Crippen LogP contribution >= 0.6 is 0 Å². The van der Waals surface area contributed by atoms with Crippen molar-refractivity contribution >= 4 is 35.5 Å². The van der Waals surface area contributed by atoms with Crippen molar-refractivity contribution in [2.75, 3.05) is 13.2 Å². The van der Waals surface area contributed by atoms with Crippen LogP contribution in [0.25, 0.3) is 0 Å². The van der Waals surface area contributed by atoms with E-state index in [1.54, 1.807) is 20.8 Å². The SMILES string of the molecule is CC(=O)N[C@@H]1[C@@H](O)[C@H](O[C@@H]2O[C@H](CO)[C@@H](O)[C@H](O)[C@H]2NC(C)=O)[C@@H](CO[C@@H]2O[C@@H](C)[C@@H](O)[C@@H](O)[C@@H]2O)O[C@H]1NC(=O)C[C@H](NC(=O)[C@@H](N)CCC(=O)NC(c1ccccc1)(c1ccccc1)c1ccccc1)C(=O)OC(C)(C)C. The maximum absolute atomic E-state index is 14.2. The lowest BCUT2D eigenvalue weighted by Crippen LogP contribution is -2.71. The first-order valence-electron chi connectivity index (χ1n) is 25.9. The largest absolute Gasteiger partial charge is 0.458 e. The predicted octanol–water partition coefficient (Wildman–Crippen LogP) is -2.70. The second-order valence-corrected chi connectivity index (χ2v) is 20.8. The average Bonchev–Trinajstić information content (AvgIpc) is 3.61. The lowest BCUT2D eigenvalue weighted by molar-refractivity contribution is -0.329. The van der Waals surface area contributed by atoms with Crippen molar-refractivity contribution < 1.29 is 92.9 Å². The van der Waals surface area contributed by atoms with Gasteiger partial charge < -0.3 is 96.5 Å². The van der Waals surface area contributed by atoms with Gasteiger partial charge in [-0.2, -0.15) is 0 Å². The zero-order chi connectivity index (χ0) is 57.9. The van der Waals surface area contributed by atoms with Crippen LogP contribution in [-0.2, 0) is 62.7 Å². The van der Waals surface area contributed by atoms with Gasteiger partial charge in [0.1, 0.15) is 84.2 Å². The molecule has 0 radical (unpaired) electrons. The summed E-state index contributed by atoms with van der Waals surface area (Å²) < 4.78 is 35.1. The van der Waals surface area contributed by atoms with Crippen molar-refractivity contribution in [3.8, 4) is 0 Å². The van der Waals surface area contributed by atoms with E-state index in [-0.39, 0.29) is 12.8 Å². The second-order valence-electron chi connectivity index (χ2n) is 20.8. The van der Waals surface area contributed by atoms with Crippen molar-refractivity contribution in [1.82, 2.24) is 26.6 Å². The Bertz CT molecular complexity index is 2410. The molecule has 17 atom stereocenters. The Balaban J connectivity index is 1.22. The minimum absolute atomic E-state index is 0.225. The number of hydrogen-bond acceptors (Lipinski definition) is 20. The molecule has 3 aliphatic rings. The molecule has 434 valence electrons. The van der Waals surface area contributed by atoms with Crippen molar-refractivity contribution in [3.05, 3.63) is 108 Å². The second kappa shape index (κ2) is 27.4. The third kappa shape index (κ3) is 15.7. The van der Waals surface area contributed by atoms with E-state index in [0.717, 1.165) is 30.5 Å². The molecule has 5 amide bonds. The van der Waals surface area contributed by atoms with E-state index < -0.39 is 170 Å². The van der Waals surface area contributed by atoms with E-state index in [9.17, 15) is 64.5 Å². The van der Waals surface area contributed by atoms with Gasteiger partial charge in [-0.3, -0.25) is 24.0 Å². The number of amides is 5. The number of rotatable bonds is 21. The predicted molar refractivity (Wildman–Crippen MR) is 276 cm³/mol. The molecule has 0 unspecified atom stereocenters. The summed E-state index contributed by atoms with van der Waals surface area (Å²) in [5.41, 5.74) is 6.35. The van der Waals surface area contributed by atoms with Crippen LogP contribution in [0.2, 0.25) is 0 Å². The van der Waals surface area contributed by atoms with E-state index in [4.69, 9.17) is 34.2 Å². The molecule has 3 aromatic carbocycles. The number of nitrogens with two attached hydrogens (primary N) is 1. The minimum Gasteiger partial charge on any atom is -0.458 e. The van der Waals surface area contributed by atoms with Gasteiger partial charge in [-0.25, -0.2) is 4.79 Å². The lowest BCUT2D eigenvalue weighted by atomic mass is 9.77. The van der Waals surface area contributed by atoms with E-state index in [2.05, 4.69) is 26.6 Å². The van der Waals surface area contributed by atoms with Gasteiger partial charge in [-0.15, -0.1) is 0 Å². The normalized spacial score (nSPS) is 29.9. The zero-order valence-electron chi connectivity index (χ0n) is 44.6. The highest BCUT2D eigenvalue weighted by Gasteiger charge is 2.53. The molecule has 0 bridgehead atoms. The number of carbonyl (C=O) groups is 6. The van der Waals surface area contributed by atoms with Gasteiger partial charge in [0.2, 0.25) is 29.5 Å². The summed E-state index contributed by atoms with van der Waals surface area (Å²) >= 11 is 0. The number of aliphatic hydroxyl groups excluding tert-OH is 7. The standard InChI is InChI=1S/C54H74N6O19/c1-27-41(66)45(70)46(71)52(75-27)74-26-36-47(78-51-40(57-29(3)63)43(68)42(67)35(25-61)77-51)44(69)39(56-28(2)62)49(76-36)59-38(65)24-34(50(73)79-53(4,5)6)58-48(72)33(55)22-23-37(64)60-54(30-16-10-7-11-17-30,31-18-12-8-13-19-31)32-20-14-9-15-21-32/h7-21,27,33-36,39-47,49,51-52,61,66-71H,22-26,55H2,1-6H3,(H,56,62)(H,57,63)(H,58,72)(H,59,65)(H,60,64)/t27-,33-,34-,35+,36+,39+,40+,41+,42+,43+,44+,45+,46-,47+,49+,51-,52+/m0/s1. The van der Waals surface area contributed by atoms with Gasteiger partial charge in [0.25, 0.3) is 0 Å². The molecule has 14 N–H and O–H groups in total. The van der Waals surface area contributed by atoms with Crippen LogP contribution in [0.5, 0.6) is 0 Å². The van der Waals surface area contributed by atoms with Crippen molar-refractivity contribution in [3.63, 3.8) is 0 Å². The number of nitrogens with one attached hydrogen (secondary N) is 5. The number of aliphatic hydroxyl groups is 7. The van der Waals surface area contributed by atoms with Gasteiger partial charge in [0.15, 0.2) is 18.8 Å². The smallest absolute Gasteiger partial charge is 0.329 e. The average molecular weight is 1110 g/mol. The quantitative estimate of drug-likeness (QED) is 0.0381. The lowest BCUT2D eigenvalue weighted by Gasteiger charge is -2.49. The first kappa shape index (κ1) is 62.2. The Morgan fingerprint density at radius 1 is 0.646 bits per heavy atom. The topological polar surface area (TPSA) is 386 Å². The summed E-state index contributed by atoms with van der Waals surface area (Å²) in [5.74, 6) is -4.98. The molecule has 0 saturated carbocycles. The van der Waals surface area contributed by atoms with Gasteiger partial charge in [-0.1, -0.05) is 91.0 Å². The number of carbonyl (C=O) groups excluding carboxylic acids is 6. The molecule has 0 spiro atoms. The van der Waals surface area contributed by atoms with Crippen LogP contribution < -0.4 is 32.3 Å². The highest BCUT2D eigenvalue weighted by atomic mass is 16.7. The van der Waals surface area contributed by atoms with Crippen LogP contribution in [0.15, 0.2) is 91.0 Å². The Labute approximate surface area is 456 Å². The van der Waals surface area contributed by atoms with Crippen LogP contribution in [-0.4, -0.2) is 194 Å². The number of esters is 1. The maximum atomic E-state index is 14.2. The Morgan fingerprint density at radius 3 is 1.71 bits per heavy atom. The third-order valence-electron chi connectivity index (χ3n) is 13.5. The summed E-state index contributed by atoms with van der Waals surface area (Å²) in [4.78, 5) is 81.0. The van der Waals surface area contributed by atoms with Crippen LogP contribution in [0.1, 0.15) is 77.5 Å². The fraction of sp³-hybridized carbons (Fsp3) is 0.556. The van der Waals surface area contributed by atoms with E-state index >= 15 is 0 Å². The Morgan fingerprint density at radius 2 is 1.19 bits per heavy atom. The Hall–Kier alpha value is -6.04. The first-order valence-corrected chi connectivity index (χ1v) is 25.9. The molecule has 3 saturated heterocycles. The molecule has 79 heavy (non-hydrogen) atoms. The molecule has 3 aliphatic heterocycles. The molecule has 25 nitrogen and oxygen atoms in total. The monoisotopic (exact) mass is 1110 g/mol. The summed E-state index contributed by atoms with van der Waals surface area (Å²) in [6.07, 6.45) is -23.0. The third-order valence-corrected chi connectivity index (χ3v) is 13.5. The van der Waals surface area contributed by atoms with E-state index in [1.807, 2.05) is 91.0 Å². The van der Waals surface area contributed by atoms with Crippen molar-refractivity contribution in [2.45, 2.75) is 176 Å². The number of benzene rings is 3. The van der Waals surface area contributed by atoms with Crippen LogP contribution in [0, 0.1) is 0 Å². The van der Waals surface area contributed by atoms with Crippen LogP contribution in [0.3, 0.4) is 0 Å². The molecular weight excluding hydrogens is 1040 g/mol. The highest BCUT2D eigenvalue weighted by molar-refractivity contribution is 5.91. The van der Waals surface area contributed by atoms with E-state index in [1.165, 1.54) is 6.92 Å². The fourth-order valence-electron chi connectivity index (χ4n) is 9.58. The number of hydrogen-bond donors (Lipinski definition) is 13. The molecule has 3 aromatic rings. The molecule has 3 fully saturated rings. The molecule has 25 heteroatoms. The first-order chi connectivity index (χ1) is 37.3. The highest BCUT2D eigenvalue weighted by Crippen LogP contribution is 2.37. The Kier molecular flexibility index (Phi) is 21.6. The fourth-order valence-corrected chi connectivity index (χ4v) is 9.58. The molecule has 0 aromatic heterocycles. The van der Waals surface area contributed by atoms with Crippen molar-refractivity contribution in [2.24, 2.45) is 5.73 Å². The van der Waals surface area contributed by atoms with Gasteiger partial charge in [0, 0.05) is 20.3 Å². The molecule has 0 aliphatic carbocycles. The van der Waals surface area contributed by atoms with Gasteiger partial charge in [0.05, 0.1) is 31.8 Å². The summed E-state index contributed by atoms with van der Waals surface area (Å²) in [6.45, 7) is 6.63. The minimum atomic E-state index is -1.95. The van der Waals surface area contributed by atoms with Gasteiger partial charge >= 0.3 is 5.97 Å². The molecule has 6 rings (SSSR count). The molecular formula is C54H74N6O19. The number of ether oxygens (including phenoxy) is 6. The summed E-state index contributed by atoms with van der Waals surface area (Å²) in [6, 6.07) is 21.7. The summed E-state index contributed by atoms with van der Waals surface area (Å²) in [5, 5.41) is 88.4.